The number of aliphatic imine (C=N–C) groups is 1. The molecular weight excluding hydrogens is 276 g/mol. The van der Waals surface area contributed by atoms with Crippen molar-refractivity contribution in [1.29, 1.82) is 0 Å². The van der Waals surface area contributed by atoms with E-state index in [2.05, 4.69) is 34.7 Å². The Hall–Kier alpha value is -2.04. The van der Waals surface area contributed by atoms with E-state index in [1.165, 1.54) is 11.1 Å². The second kappa shape index (κ2) is 8.41. The maximum Gasteiger partial charge on any atom is 0.222 e. The van der Waals surface area contributed by atoms with Crippen molar-refractivity contribution in [2.24, 2.45) is 4.99 Å². The van der Waals surface area contributed by atoms with Crippen LogP contribution in [0.25, 0.3) is 0 Å². The average Bonchev–Trinajstić information content (AvgIpc) is 2.94. The summed E-state index contributed by atoms with van der Waals surface area (Å²) in [6.07, 6.45) is 2.73. The zero-order chi connectivity index (χ0) is 15.8. The third kappa shape index (κ3) is 4.48. The van der Waals surface area contributed by atoms with Gasteiger partial charge in [-0.3, -0.25) is 9.79 Å². The molecule has 1 saturated heterocycles. The van der Waals surface area contributed by atoms with Crippen molar-refractivity contribution in [3.05, 3.63) is 35.4 Å². The van der Waals surface area contributed by atoms with Gasteiger partial charge in [0, 0.05) is 39.6 Å². The van der Waals surface area contributed by atoms with Gasteiger partial charge in [-0.1, -0.05) is 31.2 Å². The minimum absolute atomic E-state index is 0.267. The maximum atomic E-state index is 11.8. The number of guanidine groups is 1. The molecule has 1 aromatic rings. The Kier molecular flexibility index (Phi) is 6.25. The largest absolute Gasteiger partial charge is 0.356 e. The third-order valence-electron chi connectivity index (χ3n) is 3.86. The lowest BCUT2D eigenvalue weighted by Gasteiger charge is -2.19. The molecule has 0 radical (unpaired) electrons. The molecular formula is C17H26N4O. The highest BCUT2D eigenvalue weighted by Crippen LogP contribution is 2.17. The van der Waals surface area contributed by atoms with Gasteiger partial charge >= 0.3 is 0 Å². The first-order valence-corrected chi connectivity index (χ1v) is 8.03. The van der Waals surface area contributed by atoms with Crippen molar-refractivity contribution in [2.45, 2.75) is 39.3 Å². The summed E-state index contributed by atoms with van der Waals surface area (Å²) in [5.41, 5.74) is 2.41. The molecule has 0 spiro atoms. The second-order valence-corrected chi connectivity index (χ2v) is 5.54. The summed E-state index contributed by atoms with van der Waals surface area (Å²) in [6.45, 7) is 5.33. The SMILES string of the molecule is CCCNC(=NC)NCc1ccccc1CN1CCCC1=O. The van der Waals surface area contributed by atoms with Crippen LogP contribution in [0.3, 0.4) is 0 Å². The molecule has 2 rings (SSSR count). The molecule has 0 saturated carbocycles. The highest BCUT2D eigenvalue weighted by molar-refractivity contribution is 5.79. The molecule has 2 N–H and O–H groups in total. The van der Waals surface area contributed by atoms with Crippen LogP contribution in [0.1, 0.15) is 37.3 Å². The van der Waals surface area contributed by atoms with Gasteiger partial charge in [0.2, 0.25) is 5.91 Å². The lowest BCUT2D eigenvalue weighted by Crippen LogP contribution is -2.37. The molecule has 1 aliphatic heterocycles. The van der Waals surface area contributed by atoms with Gasteiger partial charge in [0.15, 0.2) is 5.96 Å². The van der Waals surface area contributed by atoms with Gasteiger partial charge < -0.3 is 15.5 Å². The number of carbonyl (C=O) groups excluding carboxylic acids is 1. The molecule has 1 fully saturated rings. The Morgan fingerprint density at radius 2 is 2.05 bits per heavy atom. The number of nitrogens with zero attached hydrogens (tertiary/aromatic N) is 2. The van der Waals surface area contributed by atoms with Crippen LogP contribution >= 0.6 is 0 Å². The molecule has 22 heavy (non-hydrogen) atoms. The minimum atomic E-state index is 0.267. The molecule has 0 bridgehead atoms. The summed E-state index contributed by atoms with van der Waals surface area (Å²) >= 11 is 0. The first-order chi connectivity index (χ1) is 10.7. The monoisotopic (exact) mass is 302 g/mol. The van der Waals surface area contributed by atoms with Crippen LogP contribution in [0, 0.1) is 0 Å². The van der Waals surface area contributed by atoms with Gasteiger partial charge in [0.25, 0.3) is 0 Å². The summed E-state index contributed by atoms with van der Waals surface area (Å²) in [5, 5.41) is 6.60. The summed E-state index contributed by atoms with van der Waals surface area (Å²) in [7, 11) is 1.78. The number of benzene rings is 1. The smallest absolute Gasteiger partial charge is 0.222 e. The molecule has 1 heterocycles. The molecule has 0 aromatic heterocycles. The molecule has 5 nitrogen and oxygen atoms in total. The third-order valence-corrected chi connectivity index (χ3v) is 3.86. The lowest BCUT2D eigenvalue weighted by molar-refractivity contribution is -0.128. The van der Waals surface area contributed by atoms with Crippen LogP contribution in [-0.2, 0) is 17.9 Å². The summed E-state index contributed by atoms with van der Waals surface area (Å²) in [6, 6.07) is 8.28. The van der Waals surface area contributed by atoms with Crippen LogP contribution in [0.2, 0.25) is 0 Å². The standard InChI is InChI=1S/C17H26N4O/c1-3-10-19-17(18-2)20-12-14-7-4-5-8-15(14)13-21-11-6-9-16(21)22/h4-5,7-8H,3,6,9-13H2,1-2H3,(H2,18,19,20). The van der Waals surface area contributed by atoms with Crippen LogP contribution in [0.15, 0.2) is 29.3 Å². The van der Waals surface area contributed by atoms with Crippen LogP contribution in [0.4, 0.5) is 0 Å². The van der Waals surface area contributed by atoms with Gasteiger partial charge in [0.1, 0.15) is 0 Å². The molecule has 120 valence electrons. The summed E-state index contributed by atoms with van der Waals surface area (Å²) in [5.74, 6) is 1.08. The van der Waals surface area contributed by atoms with Gasteiger partial charge in [0.05, 0.1) is 0 Å². The van der Waals surface area contributed by atoms with E-state index in [0.29, 0.717) is 19.5 Å². The molecule has 1 aromatic carbocycles. The number of likely N-dealkylation sites (tertiary alicyclic amines) is 1. The quantitative estimate of drug-likeness (QED) is 0.623. The van der Waals surface area contributed by atoms with Crippen molar-refractivity contribution < 1.29 is 4.79 Å². The van der Waals surface area contributed by atoms with E-state index in [1.807, 2.05) is 17.0 Å². The van der Waals surface area contributed by atoms with Gasteiger partial charge in [-0.2, -0.15) is 0 Å². The molecule has 5 heteroatoms. The van der Waals surface area contributed by atoms with E-state index in [1.54, 1.807) is 7.05 Å². The highest BCUT2D eigenvalue weighted by Gasteiger charge is 2.20. The first-order valence-electron chi connectivity index (χ1n) is 8.03. The molecule has 0 unspecified atom stereocenters. The zero-order valence-corrected chi connectivity index (χ0v) is 13.6. The van der Waals surface area contributed by atoms with Crippen LogP contribution < -0.4 is 10.6 Å². The average molecular weight is 302 g/mol. The van der Waals surface area contributed by atoms with E-state index in [-0.39, 0.29) is 5.91 Å². The van der Waals surface area contributed by atoms with E-state index in [9.17, 15) is 4.79 Å². The minimum Gasteiger partial charge on any atom is -0.356 e. The van der Waals surface area contributed by atoms with E-state index >= 15 is 0 Å². The maximum absolute atomic E-state index is 11.8. The Morgan fingerprint density at radius 3 is 2.68 bits per heavy atom. The van der Waals surface area contributed by atoms with Gasteiger partial charge in [-0.25, -0.2) is 0 Å². The number of hydrogen-bond acceptors (Lipinski definition) is 2. The van der Waals surface area contributed by atoms with Crippen molar-refractivity contribution in [2.75, 3.05) is 20.1 Å². The predicted molar refractivity (Wildman–Crippen MR) is 89.6 cm³/mol. The van der Waals surface area contributed by atoms with E-state index in [4.69, 9.17) is 0 Å². The fourth-order valence-corrected chi connectivity index (χ4v) is 2.60. The second-order valence-electron chi connectivity index (χ2n) is 5.54. The first kappa shape index (κ1) is 16.3. The number of rotatable bonds is 6. The molecule has 0 atom stereocenters. The van der Waals surface area contributed by atoms with Crippen molar-refractivity contribution >= 4 is 11.9 Å². The number of amides is 1. The topological polar surface area (TPSA) is 56.7 Å². The van der Waals surface area contributed by atoms with Crippen molar-refractivity contribution in [3.63, 3.8) is 0 Å². The Bertz CT molecular complexity index is 527. The summed E-state index contributed by atoms with van der Waals surface area (Å²) < 4.78 is 0. The fourth-order valence-electron chi connectivity index (χ4n) is 2.60. The van der Waals surface area contributed by atoms with Crippen molar-refractivity contribution in [3.8, 4) is 0 Å². The Labute approximate surface area is 132 Å². The van der Waals surface area contributed by atoms with Crippen molar-refractivity contribution in [1.82, 2.24) is 15.5 Å². The van der Waals surface area contributed by atoms with Crippen LogP contribution in [0.5, 0.6) is 0 Å². The number of carbonyl (C=O) groups is 1. The fraction of sp³-hybridized carbons (Fsp3) is 0.529. The normalized spacial score (nSPS) is 15.3. The van der Waals surface area contributed by atoms with E-state index in [0.717, 1.165) is 31.9 Å². The predicted octanol–water partition coefficient (Wildman–Crippen LogP) is 1.88. The number of nitrogens with one attached hydrogen (secondary N) is 2. The van der Waals surface area contributed by atoms with E-state index < -0.39 is 0 Å². The highest BCUT2D eigenvalue weighted by atomic mass is 16.2. The number of hydrogen-bond donors (Lipinski definition) is 2. The summed E-state index contributed by atoms with van der Waals surface area (Å²) in [4.78, 5) is 18.0. The molecule has 1 amide bonds. The lowest BCUT2D eigenvalue weighted by atomic mass is 10.1. The zero-order valence-electron chi connectivity index (χ0n) is 13.6. The van der Waals surface area contributed by atoms with Gasteiger partial charge in [-0.05, 0) is 24.0 Å². The van der Waals surface area contributed by atoms with Gasteiger partial charge in [-0.15, -0.1) is 0 Å². The molecule has 1 aliphatic rings. The Balaban J connectivity index is 1.97. The Morgan fingerprint density at radius 1 is 1.27 bits per heavy atom. The molecule has 0 aliphatic carbocycles. The van der Waals surface area contributed by atoms with Crippen LogP contribution in [-0.4, -0.2) is 36.9 Å².